The summed E-state index contributed by atoms with van der Waals surface area (Å²) in [6.45, 7) is 8.03. The molecule has 0 aliphatic carbocycles. The van der Waals surface area contributed by atoms with Crippen LogP contribution in [0.5, 0.6) is 0 Å². The fraction of sp³-hybridized carbons (Fsp3) is 0.316. The molecule has 2 aromatic heterocycles. The Morgan fingerprint density at radius 2 is 1.88 bits per heavy atom. The van der Waals surface area contributed by atoms with E-state index in [9.17, 15) is 4.79 Å². The zero-order valence-electron chi connectivity index (χ0n) is 15.1. The molecule has 2 N–H and O–H groups in total. The van der Waals surface area contributed by atoms with Gasteiger partial charge in [-0.05, 0) is 26.5 Å². The van der Waals surface area contributed by atoms with Crippen LogP contribution in [0.1, 0.15) is 28.5 Å². The van der Waals surface area contributed by atoms with Crippen molar-refractivity contribution in [1.82, 2.24) is 20.8 Å². The van der Waals surface area contributed by atoms with Gasteiger partial charge in [-0.2, -0.15) is 0 Å². The van der Waals surface area contributed by atoms with Crippen LogP contribution in [0.2, 0.25) is 0 Å². The third-order valence-corrected chi connectivity index (χ3v) is 4.05. The van der Waals surface area contributed by atoms with Crippen molar-refractivity contribution in [2.45, 2.75) is 20.8 Å². The number of carbonyl (C=O) groups is 1. The van der Waals surface area contributed by atoms with E-state index in [4.69, 9.17) is 4.52 Å². The highest BCUT2D eigenvalue weighted by Gasteiger charge is 2.19. The molecule has 0 radical (unpaired) electrons. The van der Waals surface area contributed by atoms with Gasteiger partial charge in [0.15, 0.2) is 0 Å². The molecule has 0 aliphatic rings. The van der Waals surface area contributed by atoms with Crippen molar-refractivity contribution in [3.05, 3.63) is 47.2 Å². The molecule has 3 rings (SSSR count). The van der Waals surface area contributed by atoms with Crippen molar-refractivity contribution in [3.63, 3.8) is 0 Å². The lowest BCUT2D eigenvalue weighted by Crippen LogP contribution is -2.31. The summed E-state index contributed by atoms with van der Waals surface area (Å²) >= 11 is 0. The Hall–Kier alpha value is -2.44. The van der Waals surface area contributed by atoms with E-state index in [0.29, 0.717) is 34.6 Å². The smallest absolute Gasteiger partial charge is 0.259 e. The molecule has 0 saturated heterocycles. The van der Waals surface area contributed by atoms with Gasteiger partial charge in [0.2, 0.25) is 0 Å². The van der Waals surface area contributed by atoms with Crippen molar-refractivity contribution in [2.24, 2.45) is 0 Å². The van der Waals surface area contributed by atoms with Crippen LogP contribution in [-0.4, -0.2) is 35.7 Å². The van der Waals surface area contributed by atoms with E-state index in [-0.39, 0.29) is 18.3 Å². The number of hydrogen-bond donors (Lipinski definition) is 2. The van der Waals surface area contributed by atoms with E-state index < -0.39 is 0 Å². The monoisotopic (exact) mass is 374 g/mol. The van der Waals surface area contributed by atoms with E-state index in [0.717, 1.165) is 18.7 Å². The van der Waals surface area contributed by atoms with Crippen molar-refractivity contribution >= 4 is 29.4 Å². The van der Waals surface area contributed by atoms with Gasteiger partial charge in [-0.25, -0.2) is 4.98 Å². The summed E-state index contributed by atoms with van der Waals surface area (Å²) in [5.74, 6) is -0.148. The summed E-state index contributed by atoms with van der Waals surface area (Å²) < 4.78 is 5.31. The number of halogens is 1. The zero-order chi connectivity index (χ0) is 17.8. The topological polar surface area (TPSA) is 80.0 Å². The molecule has 0 fully saturated rings. The first-order valence-corrected chi connectivity index (χ1v) is 8.43. The van der Waals surface area contributed by atoms with E-state index in [1.807, 2.05) is 45.0 Å². The molecule has 1 amide bonds. The molecule has 138 valence electrons. The number of nitrogens with one attached hydrogen (secondary N) is 2. The molecule has 0 atom stereocenters. The van der Waals surface area contributed by atoms with Gasteiger partial charge in [0.05, 0.1) is 22.3 Å². The standard InChI is InChI=1S/C19H22N4O2.ClH/c1-4-20-9-10-21-18(24)15-11-16(14-7-5-12(2)6-8-14)22-19-17(15)13(3)23-25-19;/h5-8,11,20H,4,9-10H2,1-3H3,(H,21,24);1H. The SMILES string of the molecule is CCNCCNC(=O)c1cc(-c2ccc(C)cc2)nc2onc(C)c12.Cl. The highest BCUT2D eigenvalue weighted by molar-refractivity contribution is 6.07. The Labute approximate surface area is 158 Å². The number of carbonyl (C=O) groups excluding carboxylic acids is 1. The minimum atomic E-state index is -0.148. The lowest BCUT2D eigenvalue weighted by atomic mass is 10.0. The quantitative estimate of drug-likeness (QED) is 0.647. The van der Waals surface area contributed by atoms with Crippen molar-refractivity contribution in [1.29, 1.82) is 0 Å². The summed E-state index contributed by atoms with van der Waals surface area (Å²) in [6.07, 6.45) is 0. The third-order valence-electron chi connectivity index (χ3n) is 4.05. The Kier molecular flexibility index (Phi) is 6.71. The average Bonchev–Trinajstić information content (AvgIpc) is 2.99. The number of nitrogens with zero attached hydrogens (tertiary/aromatic N) is 2. The van der Waals surface area contributed by atoms with Crippen LogP contribution in [0.15, 0.2) is 34.9 Å². The lowest BCUT2D eigenvalue weighted by Gasteiger charge is -2.09. The summed E-state index contributed by atoms with van der Waals surface area (Å²) in [5.41, 5.74) is 4.38. The largest absolute Gasteiger partial charge is 0.351 e. The molecular formula is C19H23ClN4O2. The molecule has 6 nitrogen and oxygen atoms in total. The number of rotatable bonds is 6. The summed E-state index contributed by atoms with van der Waals surface area (Å²) in [7, 11) is 0. The summed E-state index contributed by atoms with van der Waals surface area (Å²) in [4.78, 5) is 17.2. The number of fused-ring (bicyclic) bond motifs is 1. The second-order valence-corrected chi connectivity index (χ2v) is 5.98. The molecule has 1 aromatic carbocycles. The first kappa shape index (κ1) is 19.9. The van der Waals surface area contributed by atoms with E-state index in [1.54, 1.807) is 6.07 Å². The number of pyridine rings is 1. The number of benzene rings is 1. The van der Waals surface area contributed by atoms with E-state index >= 15 is 0 Å². The normalized spacial score (nSPS) is 10.6. The average molecular weight is 375 g/mol. The zero-order valence-corrected chi connectivity index (χ0v) is 15.9. The fourth-order valence-electron chi connectivity index (χ4n) is 2.68. The summed E-state index contributed by atoms with van der Waals surface area (Å²) in [5, 5.41) is 10.7. The van der Waals surface area contributed by atoms with Crippen LogP contribution in [-0.2, 0) is 0 Å². The summed E-state index contributed by atoms with van der Waals surface area (Å²) in [6, 6.07) is 9.81. The van der Waals surface area contributed by atoms with Crippen LogP contribution in [0.3, 0.4) is 0 Å². The second-order valence-electron chi connectivity index (χ2n) is 5.98. The van der Waals surface area contributed by atoms with Gasteiger partial charge in [-0.1, -0.05) is 41.9 Å². The maximum atomic E-state index is 12.7. The highest BCUT2D eigenvalue weighted by Crippen LogP contribution is 2.27. The molecular weight excluding hydrogens is 352 g/mol. The van der Waals surface area contributed by atoms with Gasteiger partial charge in [-0.3, -0.25) is 4.79 Å². The fourth-order valence-corrected chi connectivity index (χ4v) is 2.68. The molecule has 0 spiro atoms. The number of likely N-dealkylation sites (N-methyl/N-ethyl adjacent to an activating group) is 1. The molecule has 2 heterocycles. The molecule has 0 aliphatic heterocycles. The van der Waals surface area contributed by atoms with Crippen LogP contribution < -0.4 is 10.6 Å². The molecule has 7 heteroatoms. The lowest BCUT2D eigenvalue weighted by molar-refractivity contribution is 0.0955. The van der Waals surface area contributed by atoms with E-state index in [1.165, 1.54) is 5.56 Å². The van der Waals surface area contributed by atoms with Gasteiger partial charge in [0.1, 0.15) is 0 Å². The number of amides is 1. The van der Waals surface area contributed by atoms with Crippen LogP contribution >= 0.6 is 12.4 Å². The highest BCUT2D eigenvalue weighted by atomic mass is 35.5. The number of aromatic nitrogens is 2. The maximum Gasteiger partial charge on any atom is 0.259 e. The van der Waals surface area contributed by atoms with Crippen molar-refractivity contribution in [2.75, 3.05) is 19.6 Å². The number of aryl methyl sites for hydroxylation is 2. The second kappa shape index (κ2) is 8.78. The van der Waals surface area contributed by atoms with Gasteiger partial charge < -0.3 is 15.2 Å². The predicted molar refractivity (Wildman–Crippen MR) is 105 cm³/mol. The maximum absolute atomic E-state index is 12.7. The molecule has 0 unspecified atom stereocenters. The number of hydrogen-bond acceptors (Lipinski definition) is 5. The minimum Gasteiger partial charge on any atom is -0.351 e. The molecule has 26 heavy (non-hydrogen) atoms. The Morgan fingerprint density at radius 1 is 1.15 bits per heavy atom. The van der Waals surface area contributed by atoms with Crippen molar-refractivity contribution < 1.29 is 9.32 Å². The first-order valence-electron chi connectivity index (χ1n) is 8.43. The van der Waals surface area contributed by atoms with Crippen LogP contribution in [0, 0.1) is 13.8 Å². The molecule has 0 bridgehead atoms. The van der Waals surface area contributed by atoms with Crippen LogP contribution in [0.4, 0.5) is 0 Å². The van der Waals surface area contributed by atoms with Gasteiger partial charge in [-0.15, -0.1) is 12.4 Å². The van der Waals surface area contributed by atoms with Crippen LogP contribution in [0.25, 0.3) is 22.4 Å². The molecule has 3 aromatic rings. The minimum absolute atomic E-state index is 0. The first-order chi connectivity index (χ1) is 12.1. The molecule has 0 saturated carbocycles. The Balaban J connectivity index is 0.00000243. The van der Waals surface area contributed by atoms with E-state index in [2.05, 4.69) is 20.8 Å². The predicted octanol–water partition coefficient (Wildman–Crippen LogP) is 3.27. The van der Waals surface area contributed by atoms with Gasteiger partial charge in [0, 0.05) is 18.7 Å². The Bertz CT molecular complexity index is 890. The Morgan fingerprint density at radius 3 is 2.58 bits per heavy atom. The van der Waals surface area contributed by atoms with Crippen molar-refractivity contribution in [3.8, 4) is 11.3 Å². The van der Waals surface area contributed by atoms with Gasteiger partial charge in [0.25, 0.3) is 11.6 Å². The third kappa shape index (κ3) is 4.20. The van der Waals surface area contributed by atoms with Gasteiger partial charge >= 0.3 is 0 Å².